The fraction of sp³-hybridized carbons (Fsp3) is 0.118. The predicted molar refractivity (Wildman–Crippen MR) is 107 cm³/mol. The second-order valence-corrected chi connectivity index (χ2v) is 7.51. The largest absolute Gasteiger partial charge is 0.576 e. The van der Waals surface area contributed by atoms with Gasteiger partial charge in [0.05, 0.1) is 31.6 Å². The summed E-state index contributed by atoms with van der Waals surface area (Å²) in [6.45, 7) is 1.56. The molecule has 0 aliphatic heterocycles. The van der Waals surface area contributed by atoms with Crippen LogP contribution in [0.15, 0.2) is 35.8 Å². The normalized spacial score (nSPS) is 11.8. The number of esters is 1. The van der Waals surface area contributed by atoms with Gasteiger partial charge >= 0.3 is 5.97 Å². The van der Waals surface area contributed by atoms with E-state index in [9.17, 15) is 9.90 Å². The van der Waals surface area contributed by atoms with Gasteiger partial charge in [-0.1, -0.05) is 76.5 Å². The molecule has 0 bridgehead atoms. The van der Waals surface area contributed by atoms with Crippen molar-refractivity contribution in [1.82, 2.24) is 0 Å². The third kappa shape index (κ3) is 5.50. The highest BCUT2D eigenvalue weighted by Crippen LogP contribution is 2.38. The highest BCUT2D eigenvalue weighted by Gasteiger charge is 2.18. The molecule has 0 atom stereocenters. The Morgan fingerprint density at radius 3 is 1.56 bits per heavy atom. The number of hydrogen-bond acceptors (Lipinski definition) is 4. The van der Waals surface area contributed by atoms with Crippen molar-refractivity contribution in [3.63, 3.8) is 0 Å². The first-order valence-corrected chi connectivity index (χ1v) is 9.50. The van der Waals surface area contributed by atoms with Crippen LogP contribution in [-0.4, -0.2) is 5.97 Å². The molecule has 0 N–H and O–H groups in total. The number of ether oxygens (including phenoxy) is 2. The number of halogens is 6. The van der Waals surface area contributed by atoms with Gasteiger partial charge in [-0.05, 0) is 30.7 Å². The summed E-state index contributed by atoms with van der Waals surface area (Å²) in [7, 11) is 0. The molecule has 0 fully saturated rings. The molecule has 4 nitrogen and oxygen atoms in total. The first-order valence-electron chi connectivity index (χ1n) is 7.23. The molecule has 0 aromatic heterocycles. The van der Waals surface area contributed by atoms with Crippen LogP contribution in [0.2, 0.25) is 30.1 Å². The fourth-order valence-electron chi connectivity index (χ4n) is 1.93. The van der Waals surface area contributed by atoms with Crippen LogP contribution in [0.1, 0.15) is 13.3 Å². The zero-order chi connectivity index (χ0) is 20.3. The van der Waals surface area contributed by atoms with Gasteiger partial charge in [0.25, 0.3) is 0 Å². The molecule has 0 unspecified atom stereocenters. The Kier molecular flexibility index (Phi) is 7.81. The summed E-state index contributed by atoms with van der Waals surface area (Å²) in [5, 5.41) is 12.9. The van der Waals surface area contributed by atoms with E-state index >= 15 is 0 Å². The van der Waals surface area contributed by atoms with E-state index in [0.29, 0.717) is 0 Å². The van der Waals surface area contributed by atoms with Crippen molar-refractivity contribution in [2.45, 2.75) is 13.3 Å². The minimum atomic E-state index is -0.991. The number of benzene rings is 2. The lowest BCUT2D eigenvalue weighted by atomic mass is 10.2. The molecule has 10 heteroatoms. The Labute approximate surface area is 185 Å². The third-order valence-corrected chi connectivity index (χ3v) is 4.72. The summed E-state index contributed by atoms with van der Waals surface area (Å²) in [5.41, 5.74) is -0.306. The first-order chi connectivity index (χ1) is 12.6. The quantitative estimate of drug-likeness (QED) is 0.206. The Bertz CT molecular complexity index is 880. The Balaban J connectivity index is 2.33. The Morgan fingerprint density at radius 1 is 0.815 bits per heavy atom. The second kappa shape index (κ2) is 9.46. The number of carbonyl (C=O) groups excluding carboxylic acids is 1. The van der Waals surface area contributed by atoms with E-state index < -0.39 is 11.9 Å². The lowest BCUT2D eigenvalue weighted by Gasteiger charge is -2.21. The minimum absolute atomic E-state index is 0.00330. The zero-order valence-electron chi connectivity index (χ0n) is 13.4. The van der Waals surface area contributed by atoms with E-state index in [-0.39, 0.29) is 53.6 Å². The van der Waals surface area contributed by atoms with Crippen LogP contribution in [0.3, 0.4) is 0 Å². The molecule has 144 valence electrons. The summed E-state index contributed by atoms with van der Waals surface area (Å²) in [4.78, 5) is 12.4. The summed E-state index contributed by atoms with van der Waals surface area (Å²) < 4.78 is 10.3. The Hall–Kier alpha value is -1.01. The van der Waals surface area contributed by atoms with Gasteiger partial charge in [-0.15, -0.1) is 0 Å². The molecular formula is C17H9Cl6O4-. The molecule has 0 saturated heterocycles. The maximum atomic E-state index is 12.4. The van der Waals surface area contributed by atoms with Crippen LogP contribution < -0.4 is 14.6 Å². The minimum Gasteiger partial charge on any atom is -0.576 e. The van der Waals surface area contributed by atoms with Gasteiger partial charge in [-0.2, -0.15) is 0 Å². The van der Waals surface area contributed by atoms with Crippen LogP contribution in [0, 0.1) is 0 Å². The summed E-state index contributed by atoms with van der Waals surface area (Å²) >= 11 is 35.5. The van der Waals surface area contributed by atoms with Crippen molar-refractivity contribution in [3.05, 3.63) is 65.9 Å². The fourth-order valence-corrected chi connectivity index (χ4v) is 3.72. The molecule has 2 rings (SSSR count). The maximum Gasteiger partial charge on any atom is 0.341 e. The van der Waals surface area contributed by atoms with Crippen molar-refractivity contribution in [1.29, 1.82) is 0 Å². The maximum absolute atomic E-state index is 12.4. The molecule has 0 amide bonds. The molecule has 0 saturated carbocycles. The lowest BCUT2D eigenvalue weighted by Crippen LogP contribution is -2.22. The van der Waals surface area contributed by atoms with Gasteiger partial charge in [-0.3, -0.25) is 0 Å². The van der Waals surface area contributed by atoms with Crippen molar-refractivity contribution in [2.75, 3.05) is 0 Å². The highest BCUT2D eigenvalue weighted by molar-refractivity contribution is 6.41. The Morgan fingerprint density at radius 2 is 1.19 bits per heavy atom. The monoisotopic (exact) mass is 487 g/mol. The number of carbonyl (C=O) groups is 1. The predicted octanol–water partition coefficient (Wildman–Crippen LogP) is 6.57. The van der Waals surface area contributed by atoms with Crippen molar-refractivity contribution in [2.24, 2.45) is 0 Å². The molecule has 0 spiro atoms. The van der Waals surface area contributed by atoms with Gasteiger partial charge in [0.2, 0.25) is 0 Å². The van der Waals surface area contributed by atoms with Crippen molar-refractivity contribution < 1.29 is 19.4 Å². The van der Waals surface area contributed by atoms with Gasteiger partial charge in [0, 0.05) is 15.8 Å². The topological polar surface area (TPSA) is 58.6 Å². The van der Waals surface area contributed by atoms with E-state index in [2.05, 4.69) is 0 Å². The molecule has 0 heterocycles. The van der Waals surface area contributed by atoms with E-state index in [1.807, 2.05) is 0 Å². The van der Waals surface area contributed by atoms with E-state index in [0.717, 1.165) is 0 Å². The molecule has 2 aromatic rings. The molecule has 0 radical (unpaired) electrons. The first kappa shape index (κ1) is 22.3. The van der Waals surface area contributed by atoms with E-state index in [1.54, 1.807) is 6.92 Å². The molecule has 2 aromatic carbocycles. The van der Waals surface area contributed by atoms with E-state index in [1.165, 1.54) is 24.3 Å². The van der Waals surface area contributed by atoms with Gasteiger partial charge in [0.1, 0.15) is 0 Å². The van der Waals surface area contributed by atoms with Crippen LogP contribution in [0.25, 0.3) is 0 Å². The van der Waals surface area contributed by atoms with Crippen molar-refractivity contribution in [3.8, 4) is 11.5 Å². The average molecular weight is 490 g/mol. The molecule has 0 aliphatic rings. The van der Waals surface area contributed by atoms with E-state index in [4.69, 9.17) is 79.1 Å². The number of hydrogen-bond donors (Lipinski definition) is 0. The summed E-state index contributed by atoms with van der Waals surface area (Å²) in [5.74, 6) is -2.24. The average Bonchev–Trinajstić information content (AvgIpc) is 2.55. The summed E-state index contributed by atoms with van der Waals surface area (Å²) in [6.07, 6.45) is 0.00330. The van der Waals surface area contributed by atoms with Crippen LogP contribution in [0.4, 0.5) is 0 Å². The standard InChI is InChI=1S/C17H10Cl6O4/c1-2-9(16(24)26-14-10(20)3-7(18)4-11(14)21)17(25)27-15-12(22)5-8(19)6-13(15)23/h3-6,24H,2H2,1H3/p-1/b16-9+. The lowest BCUT2D eigenvalue weighted by molar-refractivity contribution is -0.343. The highest BCUT2D eigenvalue weighted by atomic mass is 35.5. The molecular weight excluding hydrogens is 481 g/mol. The third-order valence-electron chi connectivity index (χ3n) is 3.16. The van der Waals surface area contributed by atoms with Gasteiger partial charge in [0.15, 0.2) is 5.75 Å². The summed E-state index contributed by atoms with van der Waals surface area (Å²) in [6, 6.07) is 5.37. The smallest absolute Gasteiger partial charge is 0.341 e. The SMILES string of the molecule is CC/C(C(=O)Oc1c(Cl)cc(Cl)cc1Cl)=C(/[O-])Oc1c(Cl)cc(Cl)cc1Cl. The van der Waals surface area contributed by atoms with Crippen LogP contribution in [0.5, 0.6) is 11.5 Å². The van der Waals surface area contributed by atoms with Gasteiger partial charge < -0.3 is 14.6 Å². The molecule has 27 heavy (non-hydrogen) atoms. The molecule has 0 aliphatic carbocycles. The van der Waals surface area contributed by atoms with Crippen molar-refractivity contribution >= 4 is 75.6 Å². The number of rotatable bonds is 5. The van der Waals surface area contributed by atoms with Crippen LogP contribution >= 0.6 is 69.6 Å². The van der Waals surface area contributed by atoms with Gasteiger partial charge in [-0.25, -0.2) is 4.79 Å². The van der Waals surface area contributed by atoms with Crippen LogP contribution in [-0.2, 0) is 4.79 Å². The second-order valence-electron chi connectivity index (χ2n) is 5.01. The zero-order valence-corrected chi connectivity index (χ0v) is 18.0.